The third-order valence-electron chi connectivity index (χ3n) is 9.34. The number of anilines is 1. The van der Waals surface area contributed by atoms with Crippen LogP contribution in [0, 0.1) is 0 Å². The van der Waals surface area contributed by atoms with E-state index < -0.39 is 37.3 Å². The monoisotopic (exact) mass is 751 g/mol. The average Bonchev–Trinajstić information content (AvgIpc) is 3.11. The molecule has 1 amide bonds. The van der Waals surface area contributed by atoms with E-state index in [9.17, 15) is 14.7 Å². The maximum atomic E-state index is 12.9. The molecule has 2 atom stereocenters. The van der Waals surface area contributed by atoms with E-state index in [1.807, 2.05) is 45.0 Å². The number of ether oxygens (including phenoxy) is 2. The molecule has 1 heterocycles. The third kappa shape index (κ3) is 14.0. The maximum absolute atomic E-state index is 12.9. The molecule has 0 aliphatic heterocycles. The Balaban J connectivity index is 2.34. The van der Waals surface area contributed by atoms with Crippen LogP contribution in [0.4, 0.5) is 10.5 Å². The van der Waals surface area contributed by atoms with Gasteiger partial charge < -0.3 is 23.9 Å². The van der Waals surface area contributed by atoms with Crippen LogP contribution in [0.2, 0.25) is 0 Å². The SMILES string of the molecule is CCCCCCCCCCCCC/C=C/[C@@H](OCOC)[C@H](CO[P+](OC)(OC)c1cc(=O)oc2cc(N(CC)CC)ccc12)N(C(=O)O)C(C)(C)C. The molecule has 1 aromatic carbocycles. The Kier molecular flexibility index (Phi) is 21.1. The summed E-state index contributed by atoms with van der Waals surface area (Å²) in [5.41, 5.74) is -0.107. The number of carboxylic acid groups (broad SMARTS) is 1. The molecule has 0 fully saturated rings. The Bertz CT molecular complexity index is 1390. The molecule has 0 radical (unpaired) electrons. The fraction of sp³-hybridized carbons (Fsp3) is 0.700. The smallest absolute Gasteiger partial charge is 0.449 e. The van der Waals surface area contributed by atoms with Crippen LogP contribution in [0.1, 0.15) is 119 Å². The van der Waals surface area contributed by atoms with Crippen LogP contribution in [-0.2, 0) is 23.0 Å². The number of allylic oxidation sites excluding steroid dienone is 1. The zero-order valence-corrected chi connectivity index (χ0v) is 34.4. The molecule has 296 valence electrons. The lowest BCUT2D eigenvalue weighted by Gasteiger charge is -2.41. The molecule has 2 rings (SSSR count). The molecule has 12 heteroatoms. The maximum Gasteiger partial charge on any atom is 0.449 e. The Morgan fingerprint density at radius 2 is 1.50 bits per heavy atom. The number of methoxy groups -OCH3 is 1. The Morgan fingerprint density at radius 3 is 2.02 bits per heavy atom. The molecule has 0 unspecified atom stereocenters. The van der Waals surface area contributed by atoms with E-state index in [-0.39, 0.29) is 13.4 Å². The Morgan fingerprint density at radius 1 is 0.904 bits per heavy atom. The number of rotatable bonds is 27. The first-order valence-corrected chi connectivity index (χ1v) is 20.7. The van der Waals surface area contributed by atoms with Gasteiger partial charge in [0.15, 0.2) is 0 Å². The second-order valence-corrected chi connectivity index (χ2v) is 16.6. The van der Waals surface area contributed by atoms with Gasteiger partial charge >= 0.3 is 19.7 Å². The molecule has 0 bridgehead atoms. The van der Waals surface area contributed by atoms with Crippen molar-refractivity contribution in [3.05, 3.63) is 46.8 Å². The van der Waals surface area contributed by atoms with Crippen LogP contribution in [0.3, 0.4) is 0 Å². The molecule has 1 aromatic heterocycles. The Hall–Kier alpha value is -2.53. The van der Waals surface area contributed by atoms with Gasteiger partial charge in [0.1, 0.15) is 25.1 Å². The van der Waals surface area contributed by atoms with Crippen LogP contribution in [-0.4, -0.2) is 81.6 Å². The number of amides is 1. The van der Waals surface area contributed by atoms with Gasteiger partial charge in [0.05, 0.1) is 31.7 Å². The van der Waals surface area contributed by atoms with Crippen molar-refractivity contribution in [1.29, 1.82) is 0 Å². The predicted octanol–water partition coefficient (Wildman–Crippen LogP) is 9.73. The normalized spacial score (nSPS) is 13.6. The van der Waals surface area contributed by atoms with Crippen molar-refractivity contribution in [3.8, 4) is 0 Å². The number of nitrogens with zero attached hydrogens (tertiary/aromatic N) is 2. The van der Waals surface area contributed by atoms with Crippen molar-refractivity contribution in [1.82, 2.24) is 4.90 Å². The molecular weight excluding hydrogens is 683 g/mol. The van der Waals surface area contributed by atoms with E-state index in [1.165, 1.54) is 90.1 Å². The van der Waals surface area contributed by atoms with Crippen LogP contribution in [0.25, 0.3) is 11.0 Å². The minimum absolute atomic E-state index is 0.0460. The highest BCUT2D eigenvalue weighted by atomic mass is 31.2. The van der Waals surface area contributed by atoms with Crippen molar-refractivity contribution in [2.75, 3.05) is 52.7 Å². The highest BCUT2D eigenvalue weighted by Crippen LogP contribution is 2.61. The summed E-state index contributed by atoms with van der Waals surface area (Å²) < 4.78 is 35.6. The fourth-order valence-corrected chi connectivity index (χ4v) is 8.59. The molecular formula is C40H68N2O9P+. The quantitative estimate of drug-likeness (QED) is 0.0311. The number of benzene rings is 1. The van der Waals surface area contributed by atoms with Crippen molar-refractivity contribution in [2.24, 2.45) is 0 Å². The van der Waals surface area contributed by atoms with Gasteiger partial charge in [-0.1, -0.05) is 83.3 Å². The van der Waals surface area contributed by atoms with E-state index in [0.29, 0.717) is 16.3 Å². The van der Waals surface area contributed by atoms with E-state index in [2.05, 4.69) is 31.7 Å². The van der Waals surface area contributed by atoms with Gasteiger partial charge in [-0.2, -0.15) is 13.6 Å². The third-order valence-corrected chi connectivity index (χ3v) is 11.8. The zero-order valence-electron chi connectivity index (χ0n) is 33.5. The molecule has 52 heavy (non-hydrogen) atoms. The number of carbonyl (C=O) groups is 1. The van der Waals surface area contributed by atoms with Crippen molar-refractivity contribution >= 4 is 36.0 Å². The molecule has 0 saturated heterocycles. The minimum Gasteiger partial charge on any atom is -0.465 e. The second kappa shape index (κ2) is 24.0. The van der Waals surface area contributed by atoms with Crippen molar-refractivity contribution in [2.45, 2.75) is 136 Å². The molecule has 0 spiro atoms. The lowest BCUT2D eigenvalue weighted by Crippen LogP contribution is -2.57. The zero-order chi connectivity index (χ0) is 38.6. The summed E-state index contributed by atoms with van der Waals surface area (Å²) >= 11 is 0. The van der Waals surface area contributed by atoms with Crippen molar-refractivity contribution in [3.63, 3.8) is 0 Å². The van der Waals surface area contributed by atoms with Crippen LogP contribution >= 0.6 is 7.94 Å². The highest BCUT2D eigenvalue weighted by molar-refractivity contribution is 7.70. The predicted molar refractivity (Wildman–Crippen MR) is 213 cm³/mol. The number of hydrogen-bond acceptors (Lipinski definition) is 9. The molecule has 0 saturated carbocycles. The van der Waals surface area contributed by atoms with Gasteiger partial charge in [0, 0.05) is 37.5 Å². The first-order chi connectivity index (χ1) is 24.9. The summed E-state index contributed by atoms with van der Waals surface area (Å²) in [6, 6.07) is 6.17. The van der Waals surface area contributed by atoms with Gasteiger partial charge in [0.25, 0.3) is 0 Å². The summed E-state index contributed by atoms with van der Waals surface area (Å²) in [6.45, 7) is 13.2. The molecule has 2 aromatic rings. The van der Waals surface area contributed by atoms with Gasteiger partial charge in [0.2, 0.25) is 5.30 Å². The number of hydrogen-bond donors (Lipinski definition) is 1. The summed E-state index contributed by atoms with van der Waals surface area (Å²) in [4.78, 5) is 29.3. The largest absolute Gasteiger partial charge is 0.465 e. The number of unbranched alkanes of at least 4 members (excludes halogenated alkanes) is 11. The van der Waals surface area contributed by atoms with Crippen LogP contribution in [0.15, 0.2) is 45.6 Å². The van der Waals surface area contributed by atoms with E-state index in [4.69, 9.17) is 27.5 Å². The van der Waals surface area contributed by atoms with E-state index in [1.54, 1.807) is 0 Å². The molecule has 0 aliphatic carbocycles. The van der Waals surface area contributed by atoms with E-state index >= 15 is 0 Å². The van der Waals surface area contributed by atoms with Crippen LogP contribution < -0.4 is 15.8 Å². The van der Waals surface area contributed by atoms with Crippen molar-refractivity contribution < 1.29 is 37.4 Å². The lowest BCUT2D eigenvalue weighted by molar-refractivity contribution is -0.0945. The van der Waals surface area contributed by atoms with Gasteiger partial charge in [-0.15, -0.1) is 0 Å². The van der Waals surface area contributed by atoms with Gasteiger partial charge in [-0.3, -0.25) is 4.90 Å². The second-order valence-electron chi connectivity index (χ2n) is 14.1. The van der Waals surface area contributed by atoms with E-state index in [0.717, 1.165) is 38.0 Å². The lowest BCUT2D eigenvalue weighted by atomic mass is 10.00. The summed E-state index contributed by atoms with van der Waals surface area (Å²) in [5, 5.41) is 11.6. The van der Waals surface area contributed by atoms with Gasteiger partial charge in [-0.25, -0.2) is 9.59 Å². The fourth-order valence-electron chi connectivity index (χ4n) is 6.61. The highest BCUT2D eigenvalue weighted by Gasteiger charge is 2.51. The summed E-state index contributed by atoms with van der Waals surface area (Å²) in [6.07, 6.45) is 16.9. The molecule has 1 N–H and O–H groups in total. The first kappa shape index (κ1) is 45.6. The summed E-state index contributed by atoms with van der Waals surface area (Å²) in [5.74, 6) is 0. The standard InChI is InChI=1S/C40H67N2O9P/c1-10-13-14-15-16-17-18-19-20-21-22-23-24-25-35(49-31-46-7)34(42(39(44)45)40(4,5)6)30-50-52(47-8,48-9)37-29-38(43)51-36-28-32(26-27-33(36)37)41(11-2)12-3/h24-29,34-35H,10-23,30-31H2,1-9H3/p+1/b25-24+/t34-,35+/m0/s1. The first-order valence-electron chi connectivity index (χ1n) is 19.2. The van der Waals surface area contributed by atoms with Crippen LogP contribution in [0.5, 0.6) is 0 Å². The molecule has 11 nitrogen and oxygen atoms in total. The van der Waals surface area contributed by atoms with Gasteiger partial charge in [-0.05, 0) is 59.6 Å². The minimum atomic E-state index is -3.44. The topological polar surface area (TPSA) is 120 Å². The number of fused-ring (bicyclic) bond motifs is 1. The average molecular weight is 752 g/mol. The summed E-state index contributed by atoms with van der Waals surface area (Å²) in [7, 11) is 1.01. The Labute approximate surface area is 313 Å². The molecule has 0 aliphatic rings.